The number of carbonyl (C=O) groups excluding carboxylic acids is 3. The van der Waals surface area contributed by atoms with Crippen LogP contribution in [0.1, 0.15) is 88.3 Å². The third-order valence-electron chi connectivity index (χ3n) is 13.8. The Morgan fingerprint density at radius 3 is 1.83 bits per heavy atom. The van der Waals surface area contributed by atoms with Crippen molar-refractivity contribution in [3.05, 3.63) is 126 Å². The Balaban J connectivity index is 1.38. The van der Waals surface area contributed by atoms with Gasteiger partial charge in [0.1, 0.15) is 9.79 Å². The molecule has 0 spiro atoms. The lowest BCUT2D eigenvalue weighted by molar-refractivity contribution is -0.197. The van der Waals surface area contributed by atoms with Gasteiger partial charge in [-0.2, -0.15) is 42.1 Å². The summed E-state index contributed by atoms with van der Waals surface area (Å²) in [4.78, 5) is 40.2. The zero-order chi connectivity index (χ0) is 58.0. The van der Waals surface area contributed by atoms with Crippen LogP contribution in [0, 0.1) is 6.92 Å². The van der Waals surface area contributed by atoms with Crippen LogP contribution in [0.4, 0.5) is 5.69 Å². The van der Waals surface area contributed by atoms with Crippen molar-refractivity contribution in [2.24, 2.45) is 0 Å². The van der Waals surface area contributed by atoms with Crippen molar-refractivity contribution in [2.45, 2.75) is 109 Å². The van der Waals surface area contributed by atoms with Gasteiger partial charge in [0.05, 0.1) is 15.5 Å². The highest BCUT2D eigenvalue weighted by atomic mass is 32.2. The van der Waals surface area contributed by atoms with E-state index in [0.717, 1.165) is 12.1 Å². The van der Waals surface area contributed by atoms with Gasteiger partial charge in [0, 0.05) is 72.5 Å². The predicted octanol–water partition coefficient (Wildman–Crippen LogP) is 7.30. The zero-order valence-electron chi connectivity index (χ0n) is 42.6. The summed E-state index contributed by atoms with van der Waals surface area (Å²) < 4.78 is 180. The van der Waals surface area contributed by atoms with Gasteiger partial charge in [0.2, 0.25) is 0 Å². The number of fused-ring (bicyclic) bond motifs is 4. The Labute approximate surface area is 452 Å². The van der Waals surface area contributed by atoms with E-state index >= 15 is 0 Å². The lowest BCUT2D eigenvalue weighted by Gasteiger charge is -2.34. The second-order valence-corrected chi connectivity index (χ2v) is 26.4. The molecule has 2 unspecified atom stereocenters. The normalized spacial score (nSPS) is 18.1. The average molecular weight is 1180 g/mol. The van der Waals surface area contributed by atoms with Crippen LogP contribution in [-0.4, -0.2) is 114 Å². The lowest BCUT2D eigenvalue weighted by atomic mass is 9.70. The number of rotatable bonds is 24. The number of benzene rings is 4. The number of amides is 2. The molecule has 2 atom stereocenters. The Morgan fingerprint density at radius 1 is 0.718 bits per heavy atom. The molecule has 0 aliphatic carbocycles. The van der Waals surface area contributed by atoms with Crippen molar-refractivity contribution >= 4 is 95.6 Å². The minimum Gasteiger partial charge on any atom is -0.385 e. The van der Waals surface area contributed by atoms with Crippen LogP contribution in [0.2, 0.25) is 0 Å². The smallest absolute Gasteiger partial charge is 0.333 e. The van der Waals surface area contributed by atoms with Crippen molar-refractivity contribution < 1.29 is 88.8 Å². The van der Waals surface area contributed by atoms with Gasteiger partial charge < -0.3 is 14.5 Å². The van der Waals surface area contributed by atoms with Gasteiger partial charge in [-0.1, -0.05) is 74.6 Å². The molecule has 0 saturated carbocycles. The fourth-order valence-electron chi connectivity index (χ4n) is 10.0. The molecule has 78 heavy (non-hydrogen) atoms. The van der Waals surface area contributed by atoms with Crippen LogP contribution in [0.5, 0.6) is 0 Å². The van der Waals surface area contributed by atoms with E-state index in [1.165, 1.54) is 25.3 Å². The topological polar surface area (TPSA) is 348 Å². The number of methoxy groups -OCH3 is 1. The molecule has 6 rings (SSSR count). The number of imide groups is 1. The second-order valence-electron chi connectivity index (χ2n) is 19.2. The fourth-order valence-corrected chi connectivity index (χ4v) is 13.2. The number of hydrogen-bond donors (Lipinski definition) is 5. The van der Waals surface area contributed by atoms with Gasteiger partial charge >= 0.3 is 5.97 Å². The predicted molar refractivity (Wildman–Crippen MR) is 286 cm³/mol. The minimum absolute atomic E-state index is 0.0189. The first kappa shape index (κ1) is 61.2. The van der Waals surface area contributed by atoms with Crippen molar-refractivity contribution in [1.82, 2.24) is 5.06 Å². The summed E-state index contributed by atoms with van der Waals surface area (Å²) in [6, 6.07) is 9.30. The number of carbonyl (C=O) groups is 3. The molecular weight excluding hydrogens is 1120 g/mol. The van der Waals surface area contributed by atoms with Crippen molar-refractivity contribution in [3.8, 4) is 0 Å². The lowest BCUT2D eigenvalue weighted by Crippen LogP contribution is -2.32. The molecule has 4 aromatic carbocycles. The van der Waals surface area contributed by atoms with Crippen molar-refractivity contribution in [2.75, 3.05) is 30.9 Å². The Morgan fingerprint density at radius 2 is 1.27 bits per heavy atom. The maximum atomic E-state index is 12.7. The number of ether oxygens (including phenoxy) is 1. The third-order valence-corrected chi connectivity index (χ3v) is 18.0. The van der Waals surface area contributed by atoms with E-state index in [2.05, 4.69) is 6.58 Å². The van der Waals surface area contributed by atoms with Gasteiger partial charge in [-0.3, -0.25) is 32.4 Å². The highest BCUT2D eigenvalue weighted by Gasteiger charge is 2.45. The molecule has 27 heteroatoms. The highest BCUT2D eigenvalue weighted by molar-refractivity contribution is 7.87. The van der Waals surface area contributed by atoms with Gasteiger partial charge in [-0.05, 0) is 115 Å². The molecule has 0 radical (unpaired) electrons. The van der Waals surface area contributed by atoms with Crippen molar-refractivity contribution in [1.29, 1.82) is 0 Å². The van der Waals surface area contributed by atoms with E-state index in [1.807, 2.05) is 11.8 Å². The van der Waals surface area contributed by atoms with E-state index in [0.29, 0.717) is 64.5 Å². The second kappa shape index (κ2) is 23.4. The summed E-state index contributed by atoms with van der Waals surface area (Å²) >= 11 is 0. The molecule has 1 saturated heterocycles. The molecular formula is C51H58N2O20S5. The summed E-state index contributed by atoms with van der Waals surface area (Å²) in [5.41, 5.74) is 0.207. The molecule has 2 aliphatic rings. The molecule has 5 N–H and O–H groups in total. The van der Waals surface area contributed by atoms with Crippen LogP contribution in [0.15, 0.2) is 128 Å². The number of allylic oxidation sites excluding steroid dienone is 9. The first-order valence-electron chi connectivity index (χ1n) is 23.9. The molecule has 422 valence electrons. The van der Waals surface area contributed by atoms with E-state index in [-0.39, 0.29) is 78.8 Å². The van der Waals surface area contributed by atoms with Crippen LogP contribution >= 0.6 is 0 Å². The molecule has 4 aromatic rings. The Kier molecular flexibility index (Phi) is 18.4. The van der Waals surface area contributed by atoms with Gasteiger partial charge in [-0.25, -0.2) is 4.79 Å². The average Bonchev–Trinajstić information content (AvgIpc) is 3.99. The monoisotopic (exact) mass is 1180 g/mol. The first-order valence-corrected chi connectivity index (χ1v) is 31.3. The number of hydrogen-bond acceptors (Lipinski definition) is 16. The van der Waals surface area contributed by atoms with Crippen LogP contribution < -0.4 is 4.90 Å². The van der Waals surface area contributed by atoms with Gasteiger partial charge in [0.25, 0.3) is 62.4 Å². The van der Waals surface area contributed by atoms with Crippen LogP contribution in [-0.2, 0) is 85.4 Å². The van der Waals surface area contributed by atoms with Crippen LogP contribution in [0.3, 0.4) is 0 Å². The van der Waals surface area contributed by atoms with E-state index in [4.69, 9.17) is 9.57 Å². The largest absolute Gasteiger partial charge is 0.385 e. The number of anilines is 1. The highest BCUT2D eigenvalue weighted by Crippen LogP contribution is 2.54. The van der Waals surface area contributed by atoms with Gasteiger partial charge in [0.15, 0.2) is 0 Å². The SMILES string of the molecule is C=C(/C=C/C=C/C=C/C=C1/N(CCCCCC(=O)ON2C(=O)CCC2=O)c2ccc3c(S(=O)(=O)O)cc(S(=O)(=O)O)cc3c2C1(C)CCOC)C(C)(CCCS(=O)(=O)O)c1c(C)ccc2c(S(=O)(=O)O)cc(S(=O)(=O)O)cc12. The summed E-state index contributed by atoms with van der Waals surface area (Å²) in [5, 5.41) is 0.387. The third kappa shape index (κ3) is 13.7. The van der Waals surface area contributed by atoms with Crippen LogP contribution in [0.25, 0.3) is 21.5 Å². The fraction of sp³-hybridized carbons (Fsp3) is 0.353. The summed E-state index contributed by atoms with van der Waals surface area (Å²) in [5.74, 6) is -2.69. The maximum absolute atomic E-state index is 12.7. The summed E-state index contributed by atoms with van der Waals surface area (Å²) in [6.45, 7) is 9.75. The molecule has 1 fully saturated rings. The summed E-state index contributed by atoms with van der Waals surface area (Å²) in [7, 11) is -23.2. The van der Waals surface area contributed by atoms with E-state index < -0.39 is 105 Å². The molecule has 22 nitrogen and oxygen atoms in total. The molecule has 0 bridgehead atoms. The zero-order valence-corrected chi connectivity index (χ0v) is 46.7. The maximum Gasteiger partial charge on any atom is 0.333 e. The molecule has 2 aliphatic heterocycles. The first-order chi connectivity index (χ1) is 36.1. The number of unbranched alkanes of at least 4 members (excludes halogenated alkanes) is 2. The van der Waals surface area contributed by atoms with Gasteiger partial charge in [-0.15, -0.1) is 5.06 Å². The van der Waals surface area contributed by atoms with E-state index in [1.54, 1.807) is 62.4 Å². The van der Waals surface area contributed by atoms with E-state index in [9.17, 15) is 79.2 Å². The Bertz CT molecular complexity index is 3810. The quantitative estimate of drug-likeness (QED) is 0.0199. The number of hydroxylamine groups is 2. The number of aryl methyl sites for hydroxylation is 1. The Hall–Kier alpha value is -5.98. The minimum atomic E-state index is -5.08. The molecule has 0 aromatic heterocycles. The molecule has 2 amide bonds. The van der Waals surface area contributed by atoms with Crippen molar-refractivity contribution in [3.63, 3.8) is 0 Å². The number of nitrogens with zero attached hydrogens (tertiary/aromatic N) is 2. The molecule has 2 heterocycles. The standard InChI is InChI=1S/C51H58N2O20S5/c1-33-18-19-37-39(29-35(75(60,61)62)31-42(37)77(66,67)68)48(33)50(3,24-14-28-74(57,58)59)34(2)15-10-7-6-8-11-16-44-51(4,25-27-72-5)49-40-30-36(76(63,64)65)32-43(78(69,70)71)38(40)20-21-41(49)52(44)26-13-9-12-17-47(56)73-53-45(54)22-23-46(53)55/h6-8,10-11,15-16,18-21,29-32H,2,9,12-14,17,22-28H2,1,3-5H3,(H,57,58,59)(H,60,61,62)(H,63,64,65)(H,66,67,68)(H,69,70,71)/b7-6+,11-8+,15-10+,44-16+. The summed E-state index contributed by atoms with van der Waals surface area (Å²) in [6.07, 6.45) is 12.4.